The van der Waals surface area contributed by atoms with Crippen molar-refractivity contribution in [3.63, 3.8) is 0 Å². The maximum Gasteiger partial charge on any atom is 0.126 e. The minimum Gasteiger partial charge on any atom is -0.336 e. The van der Waals surface area contributed by atoms with Gasteiger partial charge in [-0.15, -0.1) is 0 Å². The molecular formula is C8H18IN3. The Kier molecular flexibility index (Phi) is 12.8. The van der Waals surface area contributed by atoms with Crippen LogP contribution in [0.4, 0.5) is 0 Å². The van der Waals surface area contributed by atoms with Gasteiger partial charge in [0.05, 0.1) is 22.9 Å². The van der Waals surface area contributed by atoms with E-state index in [1.165, 1.54) is 0 Å². The molecule has 0 aromatic carbocycles. The highest BCUT2D eigenvalue weighted by Crippen LogP contribution is 1.90. The Bertz CT molecular complexity index is 134. The third-order valence-electron chi connectivity index (χ3n) is 1.18. The normalized spacial score (nSPS) is 9.58. The Labute approximate surface area is 89.4 Å². The van der Waals surface area contributed by atoms with Crippen molar-refractivity contribution in [1.29, 1.82) is 0 Å². The van der Waals surface area contributed by atoms with E-state index in [9.17, 15) is 0 Å². The fraction of sp³-hybridized carbons (Fsp3) is 0.625. The molecule has 1 N–H and O–H groups in total. The predicted octanol–water partition coefficient (Wildman–Crippen LogP) is 2.75. The van der Waals surface area contributed by atoms with Crippen LogP contribution in [0.15, 0.2) is 17.9 Å². The van der Waals surface area contributed by atoms with Crippen molar-refractivity contribution < 1.29 is 0 Å². The van der Waals surface area contributed by atoms with Crippen molar-refractivity contribution in [2.45, 2.75) is 27.7 Å². The molecule has 0 fully saturated rings. The molecule has 0 radical (unpaired) electrons. The summed E-state index contributed by atoms with van der Waals surface area (Å²) in [6.45, 7) is 12.5. The highest BCUT2D eigenvalue weighted by Gasteiger charge is 1.96. The Morgan fingerprint density at radius 2 is 2.17 bits per heavy atom. The van der Waals surface area contributed by atoms with E-state index >= 15 is 0 Å². The number of amidine groups is 1. The molecule has 4 heteroatoms. The fourth-order valence-corrected chi connectivity index (χ4v) is 0.965. The molecule has 0 amide bonds. The molecule has 0 unspecified atom stereocenters. The molecule has 0 saturated heterocycles. The number of rotatable bonds is 3. The number of nitrogens with one attached hydrogen (secondary N) is 1. The third-order valence-corrected chi connectivity index (χ3v) is 1.42. The molecule has 3 nitrogen and oxygen atoms in total. The summed E-state index contributed by atoms with van der Waals surface area (Å²) in [6.07, 6.45) is 1.76. The lowest BCUT2D eigenvalue weighted by Crippen LogP contribution is -2.23. The van der Waals surface area contributed by atoms with Crippen LogP contribution in [-0.2, 0) is 0 Å². The first-order valence-electron chi connectivity index (χ1n) is 4.05. The van der Waals surface area contributed by atoms with Crippen molar-refractivity contribution in [1.82, 2.24) is 8.54 Å². The zero-order chi connectivity index (χ0) is 9.98. The molecule has 0 aliphatic carbocycles. The zero-order valence-corrected chi connectivity index (χ0v) is 10.4. The van der Waals surface area contributed by atoms with Gasteiger partial charge in [0.15, 0.2) is 0 Å². The summed E-state index contributed by atoms with van der Waals surface area (Å²) >= 11 is 1.97. The molecule has 0 atom stereocenters. The first kappa shape index (κ1) is 14.3. The van der Waals surface area contributed by atoms with E-state index in [4.69, 9.17) is 0 Å². The van der Waals surface area contributed by atoms with Gasteiger partial charge in [0, 0.05) is 6.54 Å². The van der Waals surface area contributed by atoms with Gasteiger partial charge in [-0.25, -0.2) is 3.64 Å². The van der Waals surface area contributed by atoms with Gasteiger partial charge in [0.2, 0.25) is 0 Å². The first-order valence-corrected chi connectivity index (χ1v) is 5.13. The second kappa shape index (κ2) is 10.7. The molecule has 0 aromatic rings. The molecule has 0 heterocycles. The van der Waals surface area contributed by atoms with Crippen LogP contribution in [0.3, 0.4) is 0 Å². The Morgan fingerprint density at radius 1 is 1.67 bits per heavy atom. The summed E-state index contributed by atoms with van der Waals surface area (Å²) in [7, 11) is 0. The lowest BCUT2D eigenvalue weighted by Gasteiger charge is -2.15. The number of hydrogen-bond donors (Lipinski definition) is 1. The van der Waals surface area contributed by atoms with E-state index < -0.39 is 0 Å². The van der Waals surface area contributed by atoms with E-state index in [0.29, 0.717) is 0 Å². The van der Waals surface area contributed by atoms with Crippen LogP contribution in [0, 0.1) is 0 Å². The Balaban J connectivity index is 0. The largest absolute Gasteiger partial charge is 0.336 e. The predicted molar refractivity (Wildman–Crippen MR) is 64.2 cm³/mol. The quantitative estimate of drug-likeness (QED) is 0.283. The molecule has 0 saturated carbocycles. The molecule has 0 rings (SSSR count). The van der Waals surface area contributed by atoms with Crippen LogP contribution in [0.25, 0.3) is 0 Å². The summed E-state index contributed by atoms with van der Waals surface area (Å²) in [5.74, 6) is 0.923. The summed E-state index contributed by atoms with van der Waals surface area (Å²) in [4.78, 5) is 1.95. The summed E-state index contributed by atoms with van der Waals surface area (Å²) in [6, 6.07) is 0. The van der Waals surface area contributed by atoms with Gasteiger partial charge in [0.1, 0.15) is 5.84 Å². The first-order chi connectivity index (χ1) is 5.76. The van der Waals surface area contributed by atoms with Gasteiger partial charge < -0.3 is 4.90 Å². The molecule has 0 aliphatic rings. The molecule has 12 heavy (non-hydrogen) atoms. The number of hydrazone groups is 1. The maximum absolute atomic E-state index is 3.97. The molecule has 72 valence electrons. The van der Waals surface area contributed by atoms with E-state index in [1.54, 1.807) is 6.20 Å². The zero-order valence-electron chi connectivity index (χ0n) is 8.26. The number of hydrogen-bond acceptors (Lipinski definition) is 2. The second-order valence-electron chi connectivity index (χ2n) is 1.71. The number of nitrogens with zero attached hydrogens (tertiary/aromatic N) is 2. The Hall–Kier alpha value is -0.260. The van der Waals surface area contributed by atoms with Crippen LogP contribution in [-0.4, -0.2) is 17.3 Å². The van der Waals surface area contributed by atoms with Gasteiger partial charge in [-0.1, -0.05) is 20.4 Å². The Morgan fingerprint density at radius 3 is 2.42 bits per heavy atom. The van der Waals surface area contributed by atoms with Crippen LogP contribution in [0.5, 0.6) is 0 Å². The van der Waals surface area contributed by atoms with E-state index in [2.05, 4.69) is 15.3 Å². The van der Waals surface area contributed by atoms with Crippen molar-refractivity contribution in [2.75, 3.05) is 6.54 Å². The van der Waals surface area contributed by atoms with Gasteiger partial charge in [-0.05, 0) is 20.0 Å². The maximum atomic E-state index is 3.97. The smallest absolute Gasteiger partial charge is 0.126 e. The lowest BCUT2D eigenvalue weighted by atomic mass is 10.5. The molecular weight excluding hydrogens is 265 g/mol. The summed E-state index contributed by atoms with van der Waals surface area (Å²) in [5, 5.41) is 3.97. The lowest BCUT2D eigenvalue weighted by molar-refractivity contribution is 0.584. The van der Waals surface area contributed by atoms with E-state index in [0.717, 1.165) is 12.4 Å². The van der Waals surface area contributed by atoms with Crippen molar-refractivity contribution in [3.8, 4) is 0 Å². The van der Waals surface area contributed by atoms with Gasteiger partial charge in [-0.3, -0.25) is 0 Å². The minimum absolute atomic E-state index is 0.900. The van der Waals surface area contributed by atoms with Crippen LogP contribution < -0.4 is 3.64 Å². The van der Waals surface area contributed by atoms with Gasteiger partial charge in [-0.2, -0.15) is 5.10 Å². The average Bonchev–Trinajstić information content (AvgIpc) is 2.11. The van der Waals surface area contributed by atoms with Gasteiger partial charge in [0.25, 0.3) is 0 Å². The standard InChI is InChI=1S/C6H12IN3.C2H6/c1-4-10(5-2)6(3)8-9-7;1-2/h4,9H,1,5H2,2-3H3;1-2H3/b8-6+;. The summed E-state index contributed by atoms with van der Waals surface area (Å²) < 4.78 is 2.69. The van der Waals surface area contributed by atoms with Crippen LogP contribution in [0.2, 0.25) is 0 Å². The van der Waals surface area contributed by atoms with Crippen LogP contribution in [0.1, 0.15) is 27.7 Å². The molecule has 0 aliphatic heterocycles. The van der Waals surface area contributed by atoms with Crippen LogP contribution >= 0.6 is 22.9 Å². The monoisotopic (exact) mass is 283 g/mol. The second-order valence-corrected chi connectivity index (χ2v) is 2.19. The van der Waals surface area contributed by atoms with E-state index in [1.807, 2.05) is 55.5 Å². The molecule has 0 spiro atoms. The number of halogens is 1. The highest BCUT2D eigenvalue weighted by atomic mass is 127. The molecule has 0 bridgehead atoms. The van der Waals surface area contributed by atoms with Gasteiger partial charge >= 0.3 is 0 Å². The third kappa shape index (κ3) is 6.45. The minimum atomic E-state index is 0.900. The van der Waals surface area contributed by atoms with Crippen molar-refractivity contribution in [3.05, 3.63) is 12.8 Å². The highest BCUT2D eigenvalue weighted by molar-refractivity contribution is 14.1. The average molecular weight is 283 g/mol. The SMILES string of the molecule is C=CN(CC)/C(C)=N/NI.CC. The van der Waals surface area contributed by atoms with Crippen molar-refractivity contribution >= 4 is 28.7 Å². The summed E-state index contributed by atoms with van der Waals surface area (Å²) in [5.41, 5.74) is 0. The fourth-order valence-electron chi connectivity index (χ4n) is 0.615. The molecule has 0 aromatic heterocycles. The van der Waals surface area contributed by atoms with E-state index in [-0.39, 0.29) is 0 Å². The van der Waals surface area contributed by atoms with Crippen molar-refractivity contribution in [2.24, 2.45) is 5.10 Å². The topological polar surface area (TPSA) is 27.6 Å².